The summed E-state index contributed by atoms with van der Waals surface area (Å²) in [5, 5.41) is 16.5. The molecule has 142 valence electrons. The van der Waals surface area contributed by atoms with Crippen molar-refractivity contribution in [1.82, 2.24) is 10.6 Å². The van der Waals surface area contributed by atoms with Gasteiger partial charge in [0.2, 0.25) is 0 Å². The molecule has 0 aliphatic heterocycles. The number of rotatable bonds is 7. The maximum atomic E-state index is 12.6. The smallest absolute Gasteiger partial charge is 0.291 e. The van der Waals surface area contributed by atoms with E-state index in [1.165, 1.54) is 24.5 Å². The molecule has 0 unspecified atom stereocenters. The van der Waals surface area contributed by atoms with E-state index >= 15 is 0 Å². The molecule has 8 heteroatoms. The molecule has 2 rings (SSSR count). The lowest BCUT2D eigenvalue weighted by molar-refractivity contribution is -0.309. The summed E-state index contributed by atoms with van der Waals surface area (Å²) in [4.78, 5) is 36.1. The molecule has 2 N–H and O–H groups in total. The van der Waals surface area contributed by atoms with E-state index in [4.69, 9.17) is 16.0 Å². The molecule has 1 atom stereocenters. The number of hydrogen-bond acceptors (Lipinski definition) is 5. The zero-order valence-electron chi connectivity index (χ0n) is 14.7. The van der Waals surface area contributed by atoms with E-state index in [1.807, 2.05) is 0 Å². The molecule has 0 aliphatic carbocycles. The second-order valence-corrected chi connectivity index (χ2v) is 6.49. The average Bonchev–Trinajstić information content (AvgIpc) is 3.14. The van der Waals surface area contributed by atoms with Gasteiger partial charge in [-0.15, -0.1) is 0 Å². The number of hydrogen-bond donors (Lipinski definition) is 2. The third kappa shape index (κ3) is 5.72. The molecule has 7 nitrogen and oxygen atoms in total. The molecule has 0 saturated carbocycles. The first kappa shape index (κ1) is 20.3. The minimum atomic E-state index is -1.42. The lowest BCUT2D eigenvalue weighted by Crippen LogP contribution is -2.52. The summed E-state index contributed by atoms with van der Waals surface area (Å²) in [6.45, 7) is 3.26. The van der Waals surface area contributed by atoms with E-state index in [0.717, 1.165) is 0 Å². The van der Waals surface area contributed by atoms with Gasteiger partial charge in [-0.1, -0.05) is 37.6 Å². The van der Waals surface area contributed by atoms with Crippen LogP contribution in [0.2, 0.25) is 5.02 Å². The van der Waals surface area contributed by atoms with E-state index in [9.17, 15) is 19.5 Å². The summed E-state index contributed by atoms with van der Waals surface area (Å²) in [7, 11) is 0. The molecule has 0 spiro atoms. The Kier molecular flexibility index (Phi) is 6.79. The van der Waals surface area contributed by atoms with Crippen molar-refractivity contribution in [3.05, 3.63) is 64.7 Å². The highest BCUT2D eigenvalue weighted by Gasteiger charge is 2.22. The van der Waals surface area contributed by atoms with Gasteiger partial charge >= 0.3 is 0 Å². The number of benzene rings is 1. The average molecular weight is 390 g/mol. The van der Waals surface area contributed by atoms with Crippen LogP contribution >= 0.6 is 11.6 Å². The van der Waals surface area contributed by atoms with Gasteiger partial charge in [0.15, 0.2) is 5.76 Å². The Hall–Kier alpha value is -3.06. The van der Waals surface area contributed by atoms with Gasteiger partial charge in [0, 0.05) is 5.02 Å². The van der Waals surface area contributed by atoms with Crippen molar-refractivity contribution >= 4 is 35.5 Å². The van der Waals surface area contributed by atoms with Gasteiger partial charge in [0.05, 0.1) is 18.3 Å². The number of halogens is 1. The maximum absolute atomic E-state index is 12.6. The lowest BCUT2D eigenvalue weighted by atomic mass is 10.0. The minimum absolute atomic E-state index is 0.00474. The fourth-order valence-electron chi connectivity index (χ4n) is 2.19. The van der Waals surface area contributed by atoms with Crippen LogP contribution in [-0.4, -0.2) is 23.8 Å². The highest BCUT2D eigenvalue weighted by atomic mass is 35.5. The summed E-state index contributed by atoms with van der Waals surface area (Å²) in [5.74, 6) is -3.24. The van der Waals surface area contributed by atoms with E-state index in [-0.39, 0.29) is 11.5 Å². The monoisotopic (exact) mass is 389 g/mol. The summed E-state index contributed by atoms with van der Waals surface area (Å²) >= 11 is 5.85. The first-order chi connectivity index (χ1) is 12.8. The lowest BCUT2D eigenvalue weighted by Gasteiger charge is -2.24. The topological polar surface area (TPSA) is 111 Å². The molecule has 2 aromatic rings. The molecule has 1 heterocycles. The highest BCUT2D eigenvalue weighted by Crippen LogP contribution is 2.13. The second-order valence-electron chi connectivity index (χ2n) is 6.06. The molecule has 0 saturated heterocycles. The molecule has 1 aromatic carbocycles. The molecule has 0 fully saturated rings. The Labute approximate surface area is 161 Å². The minimum Gasteiger partial charge on any atom is -0.548 e. The van der Waals surface area contributed by atoms with Crippen LogP contribution in [0.3, 0.4) is 0 Å². The van der Waals surface area contributed by atoms with Crippen LogP contribution in [0, 0.1) is 5.92 Å². The second kappa shape index (κ2) is 9.05. The Morgan fingerprint density at radius 1 is 1.15 bits per heavy atom. The van der Waals surface area contributed by atoms with Crippen LogP contribution in [0.25, 0.3) is 6.08 Å². The molecular weight excluding hydrogens is 372 g/mol. The van der Waals surface area contributed by atoms with Crippen LogP contribution in [-0.2, 0) is 9.59 Å². The molecular formula is C19H18ClN2O5-. The van der Waals surface area contributed by atoms with Crippen molar-refractivity contribution in [2.75, 3.05) is 0 Å². The van der Waals surface area contributed by atoms with Crippen molar-refractivity contribution in [2.24, 2.45) is 5.92 Å². The maximum Gasteiger partial charge on any atom is 0.291 e. The summed E-state index contributed by atoms with van der Waals surface area (Å²) in [5.41, 5.74) is 0.435. The Morgan fingerprint density at radius 2 is 1.81 bits per heavy atom. The van der Waals surface area contributed by atoms with E-state index < -0.39 is 29.7 Å². The fraction of sp³-hybridized carbons (Fsp3) is 0.211. The predicted molar refractivity (Wildman–Crippen MR) is 97.4 cm³/mol. The third-order valence-corrected chi connectivity index (χ3v) is 3.88. The van der Waals surface area contributed by atoms with Crippen LogP contribution < -0.4 is 15.7 Å². The SMILES string of the molecule is CC(C)[C@@H](NC(=O)/C(=C/c1ccc(Cl)cc1)NC(=O)c1ccco1)C(=O)[O-]. The number of carbonyl (C=O) groups excluding carboxylic acids is 3. The molecule has 2 amide bonds. The van der Waals surface area contributed by atoms with Crippen molar-refractivity contribution in [1.29, 1.82) is 0 Å². The van der Waals surface area contributed by atoms with Gasteiger partial charge < -0.3 is 25.0 Å². The third-order valence-electron chi connectivity index (χ3n) is 3.63. The fourth-order valence-corrected chi connectivity index (χ4v) is 2.32. The summed E-state index contributed by atoms with van der Waals surface area (Å²) < 4.78 is 5.01. The molecule has 0 aliphatic rings. The molecule has 1 aromatic heterocycles. The quantitative estimate of drug-likeness (QED) is 0.698. The molecule has 0 radical (unpaired) electrons. The zero-order chi connectivity index (χ0) is 20.0. The highest BCUT2D eigenvalue weighted by molar-refractivity contribution is 6.30. The molecule has 0 bridgehead atoms. The largest absolute Gasteiger partial charge is 0.548 e. The number of carbonyl (C=O) groups is 3. The number of nitrogens with one attached hydrogen (secondary N) is 2. The first-order valence-corrected chi connectivity index (χ1v) is 8.49. The van der Waals surface area contributed by atoms with Crippen LogP contribution in [0.4, 0.5) is 0 Å². The number of carboxylic acid groups (broad SMARTS) is 1. The Bertz CT molecular complexity index is 841. The van der Waals surface area contributed by atoms with Gasteiger partial charge in [0.25, 0.3) is 11.8 Å². The van der Waals surface area contributed by atoms with E-state index in [0.29, 0.717) is 10.6 Å². The number of amides is 2. The van der Waals surface area contributed by atoms with Gasteiger partial charge in [-0.05, 0) is 41.8 Å². The summed E-state index contributed by atoms with van der Waals surface area (Å²) in [6.07, 6.45) is 2.72. The number of aliphatic carboxylic acids is 1. The van der Waals surface area contributed by atoms with E-state index in [2.05, 4.69) is 10.6 Å². The Balaban J connectivity index is 2.30. The Morgan fingerprint density at radius 3 is 2.33 bits per heavy atom. The standard InChI is InChI=1S/C19H19ClN2O5/c1-11(2)16(19(25)26)22-17(23)14(10-12-5-7-13(20)8-6-12)21-18(24)15-4-3-9-27-15/h3-11,16H,1-2H3,(H,21,24)(H,22,23)(H,25,26)/p-1/b14-10-/t16-/m1/s1. The van der Waals surface area contributed by atoms with Crippen molar-refractivity contribution in [2.45, 2.75) is 19.9 Å². The van der Waals surface area contributed by atoms with Gasteiger partial charge in [-0.25, -0.2) is 0 Å². The first-order valence-electron chi connectivity index (χ1n) is 8.11. The van der Waals surface area contributed by atoms with Crippen LogP contribution in [0.15, 0.2) is 52.8 Å². The van der Waals surface area contributed by atoms with Gasteiger partial charge in [-0.2, -0.15) is 0 Å². The van der Waals surface area contributed by atoms with Gasteiger partial charge in [0.1, 0.15) is 5.70 Å². The number of carboxylic acids is 1. The van der Waals surface area contributed by atoms with E-state index in [1.54, 1.807) is 38.1 Å². The predicted octanol–water partition coefficient (Wildman–Crippen LogP) is 1.59. The van der Waals surface area contributed by atoms with Gasteiger partial charge in [-0.3, -0.25) is 9.59 Å². The van der Waals surface area contributed by atoms with Crippen LogP contribution in [0.5, 0.6) is 0 Å². The van der Waals surface area contributed by atoms with Crippen molar-refractivity contribution in [3.8, 4) is 0 Å². The molecule has 27 heavy (non-hydrogen) atoms. The van der Waals surface area contributed by atoms with Crippen molar-refractivity contribution < 1.29 is 23.9 Å². The van der Waals surface area contributed by atoms with Crippen molar-refractivity contribution in [3.63, 3.8) is 0 Å². The zero-order valence-corrected chi connectivity index (χ0v) is 15.4. The normalized spacial score (nSPS) is 12.5. The number of furan rings is 1. The van der Waals surface area contributed by atoms with Crippen LogP contribution in [0.1, 0.15) is 30.0 Å². The summed E-state index contributed by atoms with van der Waals surface area (Å²) in [6, 6.07) is 8.28.